The Hall–Kier alpha value is -5.02. The number of carbonyl (C=O) groups excluding carboxylic acids is 3. The van der Waals surface area contributed by atoms with Crippen LogP contribution in [0.25, 0.3) is 22.4 Å². The average Bonchev–Trinajstić information content (AvgIpc) is 3.40. The highest BCUT2D eigenvalue weighted by Crippen LogP contribution is 2.42. The van der Waals surface area contributed by atoms with E-state index in [4.69, 9.17) is 5.73 Å². The fourth-order valence-electron chi connectivity index (χ4n) is 5.73. The van der Waals surface area contributed by atoms with Crippen LogP contribution in [0, 0.1) is 12.8 Å². The second-order valence-corrected chi connectivity index (χ2v) is 11.8. The Morgan fingerprint density at radius 2 is 1.59 bits per heavy atom. The second kappa shape index (κ2) is 15.8. The molecule has 0 aliphatic rings. The fourth-order valence-corrected chi connectivity index (χ4v) is 5.73. The SMILES string of the molecule is CN=C(N)NC(=O)CC(C=O)C[C@H](O)CCn1c(-c2ccc(C)cc2)c(-c2ccccc2)c(C(=O)Nc2ccccc2)c1C(C)C. The van der Waals surface area contributed by atoms with Crippen LogP contribution < -0.4 is 16.4 Å². The van der Waals surface area contributed by atoms with Gasteiger partial charge in [-0.25, -0.2) is 0 Å². The van der Waals surface area contributed by atoms with E-state index in [1.807, 2.05) is 79.7 Å². The number of amides is 2. The standard InChI is InChI=1S/C37H43N5O4/c1-24(2)34-33(36(46)40-29-13-9-6-10-14-29)32(27-11-7-5-8-12-27)35(28-17-15-25(3)16-18-28)42(34)20-19-30(44)21-26(23-43)22-31(45)41-37(38)39-4/h5-18,23-24,26,30,44H,19-22H2,1-4H3,(H,40,46)(H3,38,39,41,45)/t26?,30-/m1/s1. The van der Waals surface area contributed by atoms with E-state index in [2.05, 4.69) is 46.2 Å². The first-order chi connectivity index (χ1) is 22.1. The summed E-state index contributed by atoms with van der Waals surface area (Å²) in [6, 6.07) is 27.4. The van der Waals surface area contributed by atoms with Gasteiger partial charge in [-0.15, -0.1) is 0 Å². The lowest BCUT2D eigenvalue weighted by Crippen LogP contribution is -2.37. The molecule has 1 unspecified atom stereocenters. The maximum absolute atomic E-state index is 14.2. The first-order valence-corrected chi connectivity index (χ1v) is 15.5. The Morgan fingerprint density at radius 1 is 0.957 bits per heavy atom. The number of benzene rings is 3. The van der Waals surface area contributed by atoms with Gasteiger partial charge in [-0.05, 0) is 48.9 Å². The molecule has 46 heavy (non-hydrogen) atoms. The predicted octanol–water partition coefficient (Wildman–Crippen LogP) is 5.91. The highest BCUT2D eigenvalue weighted by Gasteiger charge is 2.31. The molecule has 240 valence electrons. The third-order valence-electron chi connectivity index (χ3n) is 7.91. The van der Waals surface area contributed by atoms with Gasteiger partial charge in [-0.3, -0.25) is 19.9 Å². The number of aromatic nitrogens is 1. The number of hydrogen-bond donors (Lipinski definition) is 4. The van der Waals surface area contributed by atoms with E-state index in [9.17, 15) is 19.5 Å². The van der Waals surface area contributed by atoms with Crippen LogP contribution in [-0.4, -0.2) is 46.9 Å². The van der Waals surface area contributed by atoms with Gasteiger partial charge in [0.05, 0.1) is 17.4 Å². The van der Waals surface area contributed by atoms with Crippen LogP contribution in [0.1, 0.15) is 60.6 Å². The molecule has 0 aliphatic heterocycles. The van der Waals surface area contributed by atoms with Gasteiger partial charge in [0.1, 0.15) is 6.29 Å². The molecule has 1 aromatic heterocycles. The van der Waals surface area contributed by atoms with Crippen LogP contribution in [0.2, 0.25) is 0 Å². The summed E-state index contributed by atoms with van der Waals surface area (Å²) < 4.78 is 2.14. The maximum atomic E-state index is 14.2. The lowest BCUT2D eigenvalue weighted by Gasteiger charge is -2.20. The van der Waals surface area contributed by atoms with Crippen molar-refractivity contribution >= 4 is 29.7 Å². The van der Waals surface area contributed by atoms with Gasteiger partial charge in [-0.2, -0.15) is 0 Å². The smallest absolute Gasteiger partial charge is 0.258 e. The van der Waals surface area contributed by atoms with E-state index in [1.54, 1.807) is 0 Å². The Morgan fingerprint density at radius 3 is 2.17 bits per heavy atom. The van der Waals surface area contributed by atoms with Crippen molar-refractivity contribution < 1.29 is 19.5 Å². The lowest BCUT2D eigenvalue weighted by molar-refractivity contribution is -0.123. The number of aldehydes is 1. The van der Waals surface area contributed by atoms with Crippen molar-refractivity contribution in [3.63, 3.8) is 0 Å². The number of nitrogens with zero attached hydrogens (tertiary/aromatic N) is 2. The molecule has 0 aliphatic carbocycles. The molecule has 3 aromatic carbocycles. The minimum Gasteiger partial charge on any atom is -0.393 e. The number of anilines is 1. The number of aliphatic hydroxyl groups is 1. The van der Waals surface area contributed by atoms with Crippen molar-refractivity contribution in [3.8, 4) is 22.4 Å². The normalized spacial score (nSPS) is 12.9. The summed E-state index contributed by atoms with van der Waals surface area (Å²) in [6.07, 6.45) is 0.0924. The second-order valence-electron chi connectivity index (χ2n) is 11.8. The number of aliphatic imine (C=N–C) groups is 1. The number of carbonyl (C=O) groups is 3. The lowest BCUT2D eigenvalue weighted by atomic mass is 9.94. The number of guanidine groups is 1. The maximum Gasteiger partial charge on any atom is 0.258 e. The monoisotopic (exact) mass is 621 g/mol. The van der Waals surface area contributed by atoms with Crippen molar-refractivity contribution in [3.05, 3.63) is 102 Å². The van der Waals surface area contributed by atoms with E-state index in [1.165, 1.54) is 7.05 Å². The van der Waals surface area contributed by atoms with Gasteiger partial charge in [0.2, 0.25) is 5.91 Å². The summed E-state index contributed by atoms with van der Waals surface area (Å²) in [6.45, 7) is 6.52. The number of aliphatic hydroxyl groups excluding tert-OH is 1. The van der Waals surface area contributed by atoms with Crippen molar-refractivity contribution in [1.82, 2.24) is 9.88 Å². The van der Waals surface area contributed by atoms with E-state index in [-0.39, 0.29) is 30.6 Å². The Balaban J connectivity index is 1.79. The Bertz CT molecular complexity index is 1660. The quantitative estimate of drug-likeness (QED) is 0.0835. The molecule has 0 spiro atoms. The molecule has 2 amide bonds. The minimum absolute atomic E-state index is 0.0334. The van der Waals surface area contributed by atoms with Crippen molar-refractivity contribution in [2.75, 3.05) is 12.4 Å². The van der Waals surface area contributed by atoms with Gasteiger partial charge < -0.3 is 25.5 Å². The van der Waals surface area contributed by atoms with Crippen LogP contribution in [-0.2, 0) is 16.1 Å². The largest absolute Gasteiger partial charge is 0.393 e. The zero-order valence-corrected chi connectivity index (χ0v) is 26.9. The molecule has 5 N–H and O–H groups in total. The molecule has 4 rings (SSSR count). The number of nitrogens with one attached hydrogen (secondary N) is 2. The molecular weight excluding hydrogens is 578 g/mol. The number of hydrogen-bond acceptors (Lipinski definition) is 5. The third-order valence-corrected chi connectivity index (χ3v) is 7.91. The first kappa shape index (κ1) is 33.9. The van der Waals surface area contributed by atoms with Gasteiger partial charge in [-0.1, -0.05) is 92.2 Å². The predicted molar refractivity (Wildman–Crippen MR) is 184 cm³/mol. The summed E-state index contributed by atoms with van der Waals surface area (Å²) in [5, 5.41) is 16.7. The van der Waals surface area contributed by atoms with Crippen LogP contribution in [0.3, 0.4) is 0 Å². The van der Waals surface area contributed by atoms with E-state index in [0.717, 1.165) is 33.6 Å². The molecule has 1 heterocycles. The number of rotatable bonds is 13. The third kappa shape index (κ3) is 8.37. The molecule has 0 fully saturated rings. The van der Waals surface area contributed by atoms with Gasteiger partial charge in [0.25, 0.3) is 5.91 Å². The topological polar surface area (TPSA) is 139 Å². The molecule has 9 nitrogen and oxygen atoms in total. The molecule has 0 saturated heterocycles. The zero-order chi connectivity index (χ0) is 33.2. The molecule has 4 aromatic rings. The first-order valence-electron chi connectivity index (χ1n) is 15.5. The molecule has 0 radical (unpaired) electrons. The molecule has 0 bridgehead atoms. The zero-order valence-electron chi connectivity index (χ0n) is 26.9. The molecular formula is C37H43N5O4. The minimum atomic E-state index is -0.879. The van der Waals surface area contributed by atoms with Crippen molar-refractivity contribution in [1.29, 1.82) is 0 Å². The Labute approximate surface area is 270 Å². The van der Waals surface area contributed by atoms with E-state index in [0.29, 0.717) is 30.5 Å². The van der Waals surface area contributed by atoms with Crippen molar-refractivity contribution in [2.24, 2.45) is 16.6 Å². The Kier molecular flexibility index (Phi) is 11.6. The molecule has 2 atom stereocenters. The van der Waals surface area contributed by atoms with Gasteiger partial charge >= 0.3 is 0 Å². The van der Waals surface area contributed by atoms with Crippen molar-refractivity contribution in [2.45, 2.75) is 58.6 Å². The summed E-state index contributed by atoms with van der Waals surface area (Å²) in [5.74, 6) is -1.44. The molecule has 0 saturated carbocycles. The fraction of sp³-hybridized carbons (Fsp3) is 0.297. The number of aryl methyl sites for hydroxylation is 1. The average molecular weight is 622 g/mol. The summed E-state index contributed by atoms with van der Waals surface area (Å²) in [4.78, 5) is 42.1. The highest BCUT2D eigenvalue weighted by atomic mass is 16.3. The van der Waals surface area contributed by atoms with Gasteiger partial charge in [0, 0.05) is 42.9 Å². The van der Waals surface area contributed by atoms with Crippen LogP contribution in [0.4, 0.5) is 5.69 Å². The van der Waals surface area contributed by atoms with Crippen LogP contribution in [0.5, 0.6) is 0 Å². The molecule has 9 heteroatoms. The highest BCUT2D eigenvalue weighted by molar-refractivity contribution is 6.12. The summed E-state index contributed by atoms with van der Waals surface area (Å²) in [5.41, 5.74) is 12.3. The number of para-hydroxylation sites is 1. The number of nitrogens with two attached hydrogens (primary N) is 1. The van der Waals surface area contributed by atoms with Gasteiger partial charge in [0.15, 0.2) is 5.96 Å². The summed E-state index contributed by atoms with van der Waals surface area (Å²) in [7, 11) is 1.45. The van der Waals surface area contributed by atoms with E-state index < -0.39 is 17.9 Å². The van der Waals surface area contributed by atoms with E-state index >= 15 is 0 Å². The van der Waals surface area contributed by atoms with Crippen LogP contribution >= 0.6 is 0 Å². The summed E-state index contributed by atoms with van der Waals surface area (Å²) >= 11 is 0. The van der Waals surface area contributed by atoms with Crippen LogP contribution in [0.15, 0.2) is 89.9 Å².